The van der Waals surface area contributed by atoms with Crippen molar-refractivity contribution in [2.45, 2.75) is 13.0 Å². The minimum atomic E-state index is -0.971. The summed E-state index contributed by atoms with van der Waals surface area (Å²) in [6, 6.07) is 6.82. The fourth-order valence-corrected chi connectivity index (χ4v) is 1.37. The molecule has 0 aliphatic rings. The van der Waals surface area contributed by atoms with E-state index in [-0.39, 0.29) is 18.5 Å². The van der Waals surface area contributed by atoms with Crippen LogP contribution in [0.1, 0.15) is 6.42 Å². The van der Waals surface area contributed by atoms with Gasteiger partial charge in [-0.1, -0.05) is 17.3 Å². The fraction of sp³-hybridized carbons (Fsp3) is 0.200. The average Bonchev–Trinajstić information content (AvgIpc) is 2.28. The van der Waals surface area contributed by atoms with Gasteiger partial charge in [-0.05, 0) is 12.1 Å². The molecule has 0 atom stereocenters. The zero-order valence-electron chi connectivity index (χ0n) is 8.33. The number of benzene rings is 1. The highest BCUT2D eigenvalue weighted by Crippen LogP contribution is 2.03. The molecule has 6 heteroatoms. The molecule has 1 aromatic carbocycles. The van der Waals surface area contributed by atoms with Crippen molar-refractivity contribution in [1.29, 1.82) is 0 Å². The summed E-state index contributed by atoms with van der Waals surface area (Å²) in [7, 11) is 0. The highest BCUT2D eigenvalue weighted by molar-refractivity contribution is 5.76. The largest absolute Gasteiger partial charge is 0.481 e. The molecule has 6 nitrogen and oxygen atoms in total. The molecule has 0 saturated carbocycles. The molecule has 0 saturated heterocycles. The third-order valence-corrected chi connectivity index (χ3v) is 2.17. The minimum absolute atomic E-state index is 0.0337. The molecule has 0 unspecified atom stereocenters. The van der Waals surface area contributed by atoms with Crippen LogP contribution in [0.5, 0.6) is 0 Å². The van der Waals surface area contributed by atoms with Crippen molar-refractivity contribution < 1.29 is 9.90 Å². The van der Waals surface area contributed by atoms with E-state index in [0.29, 0.717) is 10.9 Å². The second-order valence-electron chi connectivity index (χ2n) is 3.28. The maximum absolute atomic E-state index is 11.8. The maximum atomic E-state index is 11.8. The van der Waals surface area contributed by atoms with Gasteiger partial charge in [0, 0.05) is 0 Å². The van der Waals surface area contributed by atoms with E-state index in [4.69, 9.17) is 5.11 Å². The van der Waals surface area contributed by atoms with Crippen LogP contribution < -0.4 is 5.56 Å². The van der Waals surface area contributed by atoms with E-state index >= 15 is 0 Å². The molecular weight excluding hydrogens is 210 g/mol. The van der Waals surface area contributed by atoms with Crippen molar-refractivity contribution in [3.63, 3.8) is 0 Å². The van der Waals surface area contributed by atoms with Gasteiger partial charge in [0.15, 0.2) is 0 Å². The molecule has 16 heavy (non-hydrogen) atoms. The molecule has 0 radical (unpaired) electrons. The van der Waals surface area contributed by atoms with Gasteiger partial charge >= 0.3 is 5.97 Å². The minimum Gasteiger partial charge on any atom is -0.481 e. The summed E-state index contributed by atoms with van der Waals surface area (Å²) >= 11 is 0. The van der Waals surface area contributed by atoms with Crippen LogP contribution in [0.4, 0.5) is 0 Å². The summed E-state index contributed by atoms with van der Waals surface area (Å²) in [5.41, 5.74) is 0.200. The van der Waals surface area contributed by atoms with Gasteiger partial charge in [-0.2, -0.15) is 0 Å². The lowest BCUT2D eigenvalue weighted by Gasteiger charge is -2.02. The lowest BCUT2D eigenvalue weighted by molar-refractivity contribution is -0.137. The molecule has 1 N–H and O–H groups in total. The molecule has 2 rings (SSSR count). The van der Waals surface area contributed by atoms with E-state index < -0.39 is 5.97 Å². The van der Waals surface area contributed by atoms with Crippen LogP contribution in [0.15, 0.2) is 29.1 Å². The van der Waals surface area contributed by atoms with Crippen LogP contribution in [0.2, 0.25) is 0 Å². The summed E-state index contributed by atoms with van der Waals surface area (Å²) in [5.74, 6) is -0.971. The number of fused-ring (bicyclic) bond motifs is 1. The van der Waals surface area contributed by atoms with Crippen molar-refractivity contribution in [2.24, 2.45) is 0 Å². The quantitative estimate of drug-likeness (QED) is 0.800. The number of aromatic nitrogens is 3. The van der Waals surface area contributed by atoms with Gasteiger partial charge in [-0.15, -0.1) is 5.10 Å². The van der Waals surface area contributed by atoms with Gasteiger partial charge in [0.05, 0.1) is 18.4 Å². The summed E-state index contributed by atoms with van der Waals surface area (Å²) < 4.78 is 1.07. The Morgan fingerprint density at radius 3 is 2.88 bits per heavy atom. The van der Waals surface area contributed by atoms with E-state index in [1.165, 1.54) is 0 Å². The molecule has 2 aromatic rings. The molecule has 0 amide bonds. The Labute approximate surface area is 90.1 Å². The van der Waals surface area contributed by atoms with E-state index in [1.54, 1.807) is 24.3 Å². The van der Waals surface area contributed by atoms with Crippen LogP contribution in [0, 0.1) is 0 Å². The van der Waals surface area contributed by atoms with Crippen molar-refractivity contribution in [1.82, 2.24) is 15.0 Å². The molecule has 0 aliphatic carbocycles. The summed E-state index contributed by atoms with van der Waals surface area (Å²) in [4.78, 5) is 22.2. The first-order valence-electron chi connectivity index (χ1n) is 4.73. The number of carboxylic acids is 1. The first-order valence-corrected chi connectivity index (χ1v) is 4.73. The number of hydrogen-bond acceptors (Lipinski definition) is 4. The van der Waals surface area contributed by atoms with Crippen molar-refractivity contribution >= 4 is 16.9 Å². The smallest absolute Gasteiger partial charge is 0.305 e. The molecule has 0 aliphatic heterocycles. The Balaban J connectivity index is 2.45. The SMILES string of the molecule is O=C(O)CCn1nnc2ccccc2c1=O. The van der Waals surface area contributed by atoms with Crippen molar-refractivity contribution in [2.75, 3.05) is 0 Å². The fourth-order valence-electron chi connectivity index (χ4n) is 1.37. The zero-order valence-corrected chi connectivity index (χ0v) is 8.33. The number of aliphatic carboxylic acids is 1. The van der Waals surface area contributed by atoms with Crippen LogP contribution in [0.3, 0.4) is 0 Å². The van der Waals surface area contributed by atoms with Gasteiger partial charge in [-0.3, -0.25) is 9.59 Å². The van der Waals surface area contributed by atoms with Crippen LogP contribution in [-0.4, -0.2) is 26.1 Å². The number of carbonyl (C=O) groups is 1. The third-order valence-electron chi connectivity index (χ3n) is 2.17. The first-order chi connectivity index (χ1) is 7.68. The highest BCUT2D eigenvalue weighted by atomic mass is 16.4. The van der Waals surface area contributed by atoms with Crippen LogP contribution in [-0.2, 0) is 11.3 Å². The Bertz CT molecular complexity index is 591. The molecule has 82 valence electrons. The second-order valence-corrected chi connectivity index (χ2v) is 3.28. The third kappa shape index (κ3) is 1.90. The van der Waals surface area contributed by atoms with E-state index in [1.807, 2.05) is 0 Å². The molecular formula is C10H9N3O3. The highest BCUT2D eigenvalue weighted by Gasteiger charge is 2.05. The number of carboxylic acid groups (broad SMARTS) is 1. The van der Waals surface area contributed by atoms with Gasteiger partial charge in [-0.25, -0.2) is 4.68 Å². The number of hydrogen-bond donors (Lipinski definition) is 1. The monoisotopic (exact) mass is 219 g/mol. The lowest BCUT2D eigenvalue weighted by atomic mass is 10.2. The van der Waals surface area contributed by atoms with E-state index in [0.717, 1.165) is 4.68 Å². The second kappa shape index (κ2) is 4.09. The van der Waals surface area contributed by atoms with Gasteiger partial charge in [0.25, 0.3) is 5.56 Å². The summed E-state index contributed by atoms with van der Waals surface area (Å²) in [6.07, 6.45) is -0.146. The van der Waals surface area contributed by atoms with Crippen LogP contribution in [0.25, 0.3) is 10.9 Å². The number of aryl methyl sites for hydroxylation is 1. The molecule has 1 heterocycles. The lowest BCUT2D eigenvalue weighted by Crippen LogP contribution is -2.25. The first kappa shape index (κ1) is 10.3. The van der Waals surface area contributed by atoms with E-state index in [9.17, 15) is 9.59 Å². The van der Waals surface area contributed by atoms with Gasteiger partial charge in [0.2, 0.25) is 0 Å². The Kier molecular flexibility index (Phi) is 2.63. The summed E-state index contributed by atoms with van der Waals surface area (Å²) in [6.45, 7) is 0.0337. The number of rotatable bonds is 3. The predicted octanol–water partition coefficient (Wildman–Crippen LogP) is 0.266. The molecule has 0 fully saturated rings. The van der Waals surface area contributed by atoms with Crippen molar-refractivity contribution in [3.05, 3.63) is 34.6 Å². The Morgan fingerprint density at radius 1 is 1.38 bits per heavy atom. The van der Waals surface area contributed by atoms with Crippen molar-refractivity contribution in [3.8, 4) is 0 Å². The van der Waals surface area contributed by atoms with Gasteiger partial charge in [0.1, 0.15) is 5.52 Å². The topological polar surface area (TPSA) is 85.1 Å². The van der Waals surface area contributed by atoms with Crippen LogP contribution >= 0.6 is 0 Å². The van der Waals surface area contributed by atoms with E-state index in [2.05, 4.69) is 10.3 Å². The standard InChI is InChI=1S/C10H9N3O3/c14-9(15)5-6-13-10(16)7-3-1-2-4-8(7)11-12-13/h1-4H,5-6H2,(H,14,15). The maximum Gasteiger partial charge on any atom is 0.305 e. The van der Waals surface area contributed by atoms with Gasteiger partial charge < -0.3 is 5.11 Å². The molecule has 0 spiro atoms. The Hall–Kier alpha value is -2.24. The zero-order chi connectivity index (χ0) is 11.5. The summed E-state index contributed by atoms with van der Waals surface area (Å²) in [5, 5.41) is 16.5. The average molecular weight is 219 g/mol. The number of nitrogens with zero attached hydrogens (tertiary/aromatic N) is 3. The normalized spacial score (nSPS) is 10.5. The predicted molar refractivity (Wildman–Crippen MR) is 56.1 cm³/mol. The molecule has 1 aromatic heterocycles. The molecule has 0 bridgehead atoms. The Morgan fingerprint density at radius 2 is 2.12 bits per heavy atom.